The van der Waals surface area contributed by atoms with Crippen LogP contribution in [0.25, 0.3) is 0 Å². The normalized spacial score (nSPS) is 22.3. The molecule has 1 aromatic carbocycles. The smallest absolute Gasteiger partial charge is 0.220 e. The van der Waals surface area contributed by atoms with Gasteiger partial charge in [-0.25, -0.2) is 0 Å². The standard InChI is InChI=1S/C17H27NO2Si/c1-13(19)18-15(12-20-21(5,6)17(2,3)4)16(18)14-10-8-7-9-11-14/h7-11,15-16H,12H2,1-6H3/t15-,16+,18?/m0/s1. The van der Waals surface area contributed by atoms with E-state index >= 15 is 0 Å². The van der Waals surface area contributed by atoms with Crippen LogP contribution in [-0.2, 0) is 9.22 Å². The third-order valence-electron chi connectivity index (χ3n) is 4.86. The van der Waals surface area contributed by atoms with Crippen molar-refractivity contribution in [3.8, 4) is 0 Å². The van der Waals surface area contributed by atoms with Crippen LogP contribution >= 0.6 is 0 Å². The highest BCUT2D eigenvalue weighted by atomic mass is 28.4. The second-order valence-electron chi connectivity index (χ2n) is 7.42. The van der Waals surface area contributed by atoms with Crippen molar-refractivity contribution in [1.82, 2.24) is 4.90 Å². The van der Waals surface area contributed by atoms with Crippen LogP contribution < -0.4 is 0 Å². The van der Waals surface area contributed by atoms with Gasteiger partial charge >= 0.3 is 0 Å². The van der Waals surface area contributed by atoms with Gasteiger partial charge in [0.05, 0.1) is 18.7 Å². The fourth-order valence-electron chi connectivity index (χ4n) is 2.42. The van der Waals surface area contributed by atoms with Crippen LogP contribution in [0.1, 0.15) is 39.3 Å². The van der Waals surface area contributed by atoms with Crippen LogP contribution in [0.3, 0.4) is 0 Å². The third-order valence-corrected chi connectivity index (χ3v) is 9.36. The zero-order valence-corrected chi connectivity index (χ0v) is 15.0. The van der Waals surface area contributed by atoms with Gasteiger partial charge in [0.25, 0.3) is 0 Å². The highest BCUT2D eigenvalue weighted by molar-refractivity contribution is 6.74. The summed E-state index contributed by atoms with van der Waals surface area (Å²) in [7, 11) is -1.76. The molecule has 2 rings (SSSR count). The number of amides is 1. The number of carbonyl (C=O) groups excluding carboxylic acids is 1. The van der Waals surface area contributed by atoms with Gasteiger partial charge in [-0.1, -0.05) is 51.1 Å². The molecule has 0 N–H and O–H groups in total. The Balaban J connectivity index is 2.05. The van der Waals surface area contributed by atoms with Gasteiger partial charge in [0.15, 0.2) is 8.32 Å². The molecule has 1 amide bonds. The highest BCUT2D eigenvalue weighted by Gasteiger charge is 2.51. The van der Waals surface area contributed by atoms with Crippen molar-refractivity contribution in [3.63, 3.8) is 0 Å². The van der Waals surface area contributed by atoms with E-state index in [0.717, 1.165) is 0 Å². The minimum atomic E-state index is -1.76. The first-order valence-electron chi connectivity index (χ1n) is 7.63. The molecule has 21 heavy (non-hydrogen) atoms. The number of rotatable bonds is 4. The highest BCUT2D eigenvalue weighted by Crippen LogP contribution is 2.45. The lowest BCUT2D eigenvalue weighted by Gasteiger charge is -2.36. The zero-order chi connectivity index (χ0) is 15.8. The van der Waals surface area contributed by atoms with Gasteiger partial charge in [0, 0.05) is 6.92 Å². The molecule has 3 nitrogen and oxygen atoms in total. The fraction of sp³-hybridized carbons (Fsp3) is 0.588. The molecule has 0 spiro atoms. The molecule has 0 bridgehead atoms. The zero-order valence-electron chi connectivity index (χ0n) is 14.0. The van der Waals surface area contributed by atoms with Gasteiger partial charge in [-0.05, 0) is 23.7 Å². The molecule has 0 saturated carbocycles. The summed E-state index contributed by atoms with van der Waals surface area (Å²) in [6.45, 7) is 13.5. The molecule has 4 heteroatoms. The van der Waals surface area contributed by atoms with Crippen molar-refractivity contribution in [2.75, 3.05) is 6.61 Å². The second kappa shape index (κ2) is 5.58. The van der Waals surface area contributed by atoms with Gasteiger partial charge in [-0.3, -0.25) is 4.79 Å². The molecule has 1 heterocycles. The molecule has 0 unspecified atom stereocenters. The van der Waals surface area contributed by atoms with Crippen LogP contribution in [0.2, 0.25) is 18.1 Å². The number of nitrogens with zero attached hydrogens (tertiary/aromatic N) is 1. The van der Waals surface area contributed by atoms with Crippen molar-refractivity contribution in [1.29, 1.82) is 0 Å². The summed E-state index contributed by atoms with van der Waals surface area (Å²) in [6.07, 6.45) is 0. The molecule has 0 radical (unpaired) electrons. The summed E-state index contributed by atoms with van der Waals surface area (Å²) < 4.78 is 6.29. The van der Waals surface area contributed by atoms with Crippen LogP contribution in [0.4, 0.5) is 0 Å². The molecule has 1 aromatic rings. The summed E-state index contributed by atoms with van der Waals surface area (Å²) in [5, 5.41) is 0.200. The van der Waals surface area contributed by atoms with Gasteiger partial charge in [-0.15, -0.1) is 0 Å². The lowest BCUT2D eigenvalue weighted by atomic mass is 10.1. The molecule has 116 valence electrons. The maximum atomic E-state index is 11.8. The Hall–Kier alpha value is -1.13. The Kier molecular flexibility index (Phi) is 4.31. The van der Waals surface area contributed by atoms with Gasteiger partial charge in [0.1, 0.15) is 0 Å². The quantitative estimate of drug-likeness (QED) is 0.622. The summed E-state index contributed by atoms with van der Waals surface area (Å²) in [5.74, 6) is 0.132. The molecule has 2 atom stereocenters. The average Bonchev–Trinajstić information content (AvgIpc) is 3.10. The van der Waals surface area contributed by atoms with Crippen LogP contribution in [0, 0.1) is 0 Å². The van der Waals surface area contributed by atoms with E-state index in [-0.39, 0.29) is 23.0 Å². The molecule has 0 aromatic heterocycles. The molecular weight excluding hydrogens is 278 g/mol. The van der Waals surface area contributed by atoms with Crippen LogP contribution in [-0.4, -0.2) is 31.8 Å². The van der Waals surface area contributed by atoms with Crippen molar-refractivity contribution >= 4 is 14.2 Å². The molecular formula is C17H27NO2Si. The van der Waals surface area contributed by atoms with E-state index in [9.17, 15) is 4.79 Å². The number of carbonyl (C=O) groups is 1. The molecule has 1 fully saturated rings. The minimum Gasteiger partial charge on any atom is -0.415 e. The Labute approximate surface area is 129 Å². The maximum absolute atomic E-state index is 11.8. The first kappa shape index (κ1) is 16.2. The maximum Gasteiger partial charge on any atom is 0.220 e. The van der Waals surface area contributed by atoms with Crippen molar-refractivity contribution in [2.45, 2.75) is 57.9 Å². The van der Waals surface area contributed by atoms with E-state index < -0.39 is 8.32 Å². The van der Waals surface area contributed by atoms with Gasteiger partial charge in [-0.2, -0.15) is 0 Å². The fourth-order valence-corrected chi connectivity index (χ4v) is 3.44. The predicted octanol–water partition coefficient (Wildman–Crippen LogP) is 3.98. The number of benzene rings is 1. The van der Waals surface area contributed by atoms with E-state index in [1.54, 1.807) is 6.92 Å². The Morgan fingerprint density at radius 2 is 1.81 bits per heavy atom. The Bertz CT molecular complexity index is 507. The van der Waals surface area contributed by atoms with Crippen molar-refractivity contribution < 1.29 is 9.22 Å². The third kappa shape index (κ3) is 3.38. The van der Waals surface area contributed by atoms with E-state index in [1.165, 1.54) is 5.56 Å². The first-order chi connectivity index (χ1) is 9.65. The molecule has 1 saturated heterocycles. The Morgan fingerprint density at radius 1 is 1.24 bits per heavy atom. The van der Waals surface area contributed by atoms with E-state index in [0.29, 0.717) is 6.61 Å². The molecule has 0 aliphatic carbocycles. The topological polar surface area (TPSA) is 29.3 Å². The van der Waals surface area contributed by atoms with E-state index in [2.05, 4.69) is 46.0 Å². The summed E-state index contributed by atoms with van der Waals surface area (Å²) in [4.78, 5) is 13.7. The predicted molar refractivity (Wildman–Crippen MR) is 88.6 cm³/mol. The summed E-state index contributed by atoms with van der Waals surface area (Å²) in [6, 6.07) is 10.6. The summed E-state index contributed by atoms with van der Waals surface area (Å²) >= 11 is 0. The van der Waals surface area contributed by atoms with Crippen molar-refractivity contribution in [3.05, 3.63) is 35.9 Å². The van der Waals surface area contributed by atoms with Gasteiger partial charge in [0.2, 0.25) is 5.91 Å². The van der Waals surface area contributed by atoms with Crippen LogP contribution in [0.5, 0.6) is 0 Å². The van der Waals surface area contributed by atoms with Crippen molar-refractivity contribution in [2.24, 2.45) is 0 Å². The average molecular weight is 305 g/mol. The largest absolute Gasteiger partial charge is 0.415 e. The van der Waals surface area contributed by atoms with E-state index in [4.69, 9.17) is 4.43 Å². The number of hydrogen-bond acceptors (Lipinski definition) is 2. The monoisotopic (exact) mass is 305 g/mol. The second-order valence-corrected chi connectivity index (χ2v) is 12.2. The molecule has 1 aliphatic rings. The number of hydrogen-bond donors (Lipinski definition) is 0. The first-order valence-corrected chi connectivity index (χ1v) is 10.5. The summed E-state index contributed by atoms with van der Waals surface area (Å²) in [5.41, 5.74) is 1.21. The van der Waals surface area contributed by atoms with Crippen LogP contribution in [0.15, 0.2) is 30.3 Å². The van der Waals surface area contributed by atoms with E-state index in [1.807, 2.05) is 23.1 Å². The SMILES string of the molecule is CC(=O)N1[C@H](c2ccccc2)[C@@H]1CO[Si](C)(C)C(C)(C)C. The Morgan fingerprint density at radius 3 is 2.29 bits per heavy atom. The molecule has 1 aliphatic heterocycles. The lowest BCUT2D eigenvalue weighted by Crippen LogP contribution is -2.42. The lowest BCUT2D eigenvalue weighted by molar-refractivity contribution is -0.124. The minimum absolute atomic E-state index is 0.132. The van der Waals surface area contributed by atoms with Gasteiger partial charge < -0.3 is 9.33 Å².